The summed E-state index contributed by atoms with van der Waals surface area (Å²) >= 11 is 0. The summed E-state index contributed by atoms with van der Waals surface area (Å²) in [4.78, 5) is 0. The third-order valence-electron chi connectivity index (χ3n) is 4.64. The molecule has 1 aliphatic heterocycles. The smallest absolute Gasteiger partial charge is 0.240 e. The molecule has 25 heavy (non-hydrogen) atoms. The van der Waals surface area contributed by atoms with Crippen LogP contribution in [0, 0.1) is 0 Å². The minimum atomic E-state index is -0.278. The van der Waals surface area contributed by atoms with Gasteiger partial charge in [-0.15, -0.1) is 5.10 Å². The number of nitrogens with one attached hydrogen (secondary N) is 1. The van der Waals surface area contributed by atoms with Crippen LogP contribution in [0.15, 0.2) is 90.0 Å². The maximum absolute atomic E-state index is 6.19. The highest BCUT2D eigenvalue weighted by Gasteiger charge is 2.24. The molecule has 1 atom stereocenters. The number of hydrogen-bond acceptors (Lipinski definition) is 3. The minimum absolute atomic E-state index is 0.278. The van der Waals surface area contributed by atoms with Crippen LogP contribution < -0.4 is 5.43 Å². The molecule has 1 heterocycles. The standard InChI is InChI=1S/C22H16N2O/c1-3-11-17-15(7-1)9-5-13-19(17)21-23-24-22(25-21)20-14-6-10-16-8-2-4-12-18(16)20/h1-14,21,23H. The van der Waals surface area contributed by atoms with Crippen LogP contribution in [0.3, 0.4) is 0 Å². The van der Waals surface area contributed by atoms with Gasteiger partial charge in [-0.3, -0.25) is 5.43 Å². The fourth-order valence-corrected chi connectivity index (χ4v) is 3.43. The molecule has 1 N–H and O–H groups in total. The summed E-state index contributed by atoms with van der Waals surface area (Å²) in [5, 5.41) is 9.16. The zero-order valence-corrected chi connectivity index (χ0v) is 13.5. The van der Waals surface area contributed by atoms with E-state index in [1.165, 1.54) is 16.2 Å². The van der Waals surface area contributed by atoms with Crippen LogP contribution in [0.1, 0.15) is 17.4 Å². The molecule has 0 bridgehead atoms. The Bertz CT molecular complexity index is 1110. The van der Waals surface area contributed by atoms with Crippen LogP contribution in [0.2, 0.25) is 0 Å². The molecular formula is C22H16N2O. The van der Waals surface area contributed by atoms with E-state index in [9.17, 15) is 0 Å². The van der Waals surface area contributed by atoms with Crippen molar-refractivity contribution in [2.45, 2.75) is 6.23 Å². The van der Waals surface area contributed by atoms with Crippen LogP contribution in [0.4, 0.5) is 0 Å². The Kier molecular flexibility index (Phi) is 3.17. The topological polar surface area (TPSA) is 33.6 Å². The average Bonchev–Trinajstić information content (AvgIpc) is 3.17. The Morgan fingerprint density at radius 3 is 2.16 bits per heavy atom. The number of hydrogen-bond donors (Lipinski definition) is 1. The van der Waals surface area contributed by atoms with Crippen LogP contribution in [-0.2, 0) is 4.74 Å². The highest BCUT2D eigenvalue weighted by Crippen LogP contribution is 2.30. The Morgan fingerprint density at radius 2 is 1.32 bits per heavy atom. The van der Waals surface area contributed by atoms with E-state index in [4.69, 9.17) is 4.74 Å². The van der Waals surface area contributed by atoms with Gasteiger partial charge in [0, 0.05) is 11.1 Å². The van der Waals surface area contributed by atoms with Gasteiger partial charge in [-0.2, -0.15) is 0 Å². The Labute approximate surface area is 145 Å². The third-order valence-corrected chi connectivity index (χ3v) is 4.64. The van der Waals surface area contributed by atoms with E-state index < -0.39 is 0 Å². The normalized spacial score (nSPS) is 16.5. The monoisotopic (exact) mass is 324 g/mol. The Balaban J connectivity index is 1.53. The van der Waals surface area contributed by atoms with Crippen LogP contribution in [0.5, 0.6) is 0 Å². The zero-order valence-electron chi connectivity index (χ0n) is 13.5. The van der Waals surface area contributed by atoms with Gasteiger partial charge in [0.1, 0.15) is 0 Å². The lowest BCUT2D eigenvalue weighted by Gasteiger charge is -2.14. The fourth-order valence-electron chi connectivity index (χ4n) is 3.43. The first kappa shape index (κ1) is 14.1. The highest BCUT2D eigenvalue weighted by molar-refractivity contribution is 6.07. The van der Waals surface area contributed by atoms with Gasteiger partial charge in [0.05, 0.1) is 0 Å². The first-order chi connectivity index (χ1) is 12.4. The molecule has 0 saturated heterocycles. The minimum Gasteiger partial charge on any atom is -0.446 e. The number of hydrazone groups is 1. The first-order valence-corrected chi connectivity index (χ1v) is 8.36. The molecule has 0 saturated carbocycles. The maximum Gasteiger partial charge on any atom is 0.240 e. The van der Waals surface area contributed by atoms with Crippen molar-refractivity contribution in [1.82, 2.24) is 5.43 Å². The molecular weight excluding hydrogens is 308 g/mol. The largest absolute Gasteiger partial charge is 0.446 e. The lowest BCUT2D eigenvalue weighted by molar-refractivity contribution is 0.193. The summed E-state index contributed by atoms with van der Waals surface area (Å²) in [6.07, 6.45) is -0.278. The van der Waals surface area contributed by atoms with Gasteiger partial charge in [-0.05, 0) is 27.6 Å². The van der Waals surface area contributed by atoms with Crippen molar-refractivity contribution in [2.24, 2.45) is 5.10 Å². The lowest BCUT2D eigenvalue weighted by Crippen LogP contribution is -2.13. The van der Waals surface area contributed by atoms with E-state index in [1.54, 1.807) is 0 Å². The maximum atomic E-state index is 6.19. The zero-order chi connectivity index (χ0) is 16.6. The summed E-state index contributed by atoms with van der Waals surface area (Å²) in [7, 11) is 0. The molecule has 4 aromatic rings. The van der Waals surface area contributed by atoms with Crippen molar-refractivity contribution >= 4 is 27.4 Å². The molecule has 4 aromatic carbocycles. The lowest BCUT2D eigenvalue weighted by atomic mass is 10.0. The van der Waals surface area contributed by atoms with Crippen molar-refractivity contribution in [2.75, 3.05) is 0 Å². The Morgan fingerprint density at radius 1 is 0.680 bits per heavy atom. The summed E-state index contributed by atoms with van der Waals surface area (Å²) < 4.78 is 6.19. The third kappa shape index (κ3) is 2.32. The molecule has 3 nitrogen and oxygen atoms in total. The van der Waals surface area contributed by atoms with Crippen molar-refractivity contribution < 1.29 is 4.74 Å². The molecule has 3 heteroatoms. The van der Waals surface area contributed by atoms with Gasteiger partial charge in [0.15, 0.2) is 0 Å². The number of rotatable bonds is 2. The molecule has 5 rings (SSSR count). The highest BCUT2D eigenvalue weighted by atomic mass is 16.5. The summed E-state index contributed by atoms with van der Waals surface area (Å²) in [6.45, 7) is 0. The quantitative estimate of drug-likeness (QED) is 0.564. The van der Waals surface area contributed by atoms with E-state index in [1.807, 2.05) is 36.4 Å². The van der Waals surface area contributed by atoms with Gasteiger partial charge in [0.2, 0.25) is 12.1 Å². The summed E-state index contributed by atoms with van der Waals surface area (Å²) in [5.41, 5.74) is 5.25. The van der Waals surface area contributed by atoms with Gasteiger partial charge in [-0.25, -0.2) is 0 Å². The van der Waals surface area contributed by atoms with Crippen molar-refractivity contribution in [3.8, 4) is 0 Å². The predicted molar refractivity (Wildman–Crippen MR) is 101 cm³/mol. The number of nitrogens with zero attached hydrogens (tertiary/aromatic N) is 1. The molecule has 0 aliphatic carbocycles. The second-order valence-corrected chi connectivity index (χ2v) is 6.14. The molecule has 0 radical (unpaired) electrons. The van der Waals surface area contributed by atoms with E-state index in [0.717, 1.165) is 16.5 Å². The molecule has 0 spiro atoms. The number of ether oxygens (including phenoxy) is 1. The molecule has 120 valence electrons. The van der Waals surface area contributed by atoms with Crippen molar-refractivity contribution in [3.05, 3.63) is 96.1 Å². The molecule has 1 unspecified atom stereocenters. The van der Waals surface area contributed by atoms with E-state index in [-0.39, 0.29) is 6.23 Å². The summed E-state index contributed by atoms with van der Waals surface area (Å²) in [6, 6.07) is 29.0. The molecule has 0 aromatic heterocycles. The second-order valence-electron chi connectivity index (χ2n) is 6.14. The fraction of sp³-hybridized carbons (Fsp3) is 0.0455. The van der Waals surface area contributed by atoms with Gasteiger partial charge in [0.25, 0.3) is 0 Å². The van der Waals surface area contributed by atoms with Crippen molar-refractivity contribution in [3.63, 3.8) is 0 Å². The van der Waals surface area contributed by atoms with Gasteiger partial charge >= 0.3 is 0 Å². The van der Waals surface area contributed by atoms with Crippen molar-refractivity contribution in [1.29, 1.82) is 0 Å². The Hall–Kier alpha value is -3.33. The van der Waals surface area contributed by atoms with Gasteiger partial charge < -0.3 is 4.74 Å². The average molecular weight is 324 g/mol. The molecule has 0 amide bonds. The number of benzene rings is 4. The van der Waals surface area contributed by atoms with E-state index in [0.29, 0.717) is 5.90 Å². The van der Waals surface area contributed by atoms with Crippen LogP contribution in [0.25, 0.3) is 21.5 Å². The van der Waals surface area contributed by atoms with Crippen LogP contribution in [-0.4, -0.2) is 5.90 Å². The SMILES string of the molecule is c1ccc2c(C3=NNC(c4cccc5ccccc45)O3)cccc2c1. The first-order valence-electron chi connectivity index (χ1n) is 8.36. The molecule has 0 fully saturated rings. The molecule has 1 aliphatic rings. The van der Waals surface area contributed by atoms with Gasteiger partial charge in [-0.1, -0.05) is 78.9 Å². The summed E-state index contributed by atoms with van der Waals surface area (Å²) in [5.74, 6) is 0.634. The van der Waals surface area contributed by atoms with Crippen LogP contribution >= 0.6 is 0 Å². The van der Waals surface area contributed by atoms with E-state index >= 15 is 0 Å². The second kappa shape index (κ2) is 5.64. The number of fused-ring (bicyclic) bond motifs is 2. The van der Waals surface area contributed by atoms with E-state index in [2.05, 4.69) is 59.1 Å². The predicted octanol–water partition coefficient (Wildman–Crippen LogP) is 4.97.